The number of nitrogens with one attached hydrogen (secondary N) is 2. The van der Waals surface area contributed by atoms with E-state index in [2.05, 4.69) is 119 Å². The summed E-state index contributed by atoms with van der Waals surface area (Å²) in [6.07, 6.45) is 12.7. The molecule has 0 unspecified atom stereocenters. The normalized spacial score (nSPS) is 11.2. The Hall–Kier alpha value is -3.92. The number of aromatic amines is 2. The minimum absolute atomic E-state index is 0.936. The fourth-order valence-corrected chi connectivity index (χ4v) is 5.29. The van der Waals surface area contributed by atoms with Crippen molar-refractivity contribution < 1.29 is 0 Å². The number of hydrogen-bond acceptors (Lipinski definition) is 2. The molecule has 0 radical (unpaired) electrons. The standard InChI is InChI=1S/C36H42N4/c1-3-5-7-9-12-27-16-20-29(21-17-27)33-25-35(39-37-33)31-14-11-15-32(24-31)36-26-34(38-40-36)30-22-18-28(19-23-30)13-10-8-6-4-2/h11,14-26H,3-10,12-13H2,1-2H3,(H,37,39)(H,38,40). The number of aryl methyl sites for hydroxylation is 2. The molecule has 0 aliphatic carbocycles. The Balaban J connectivity index is 1.24. The topological polar surface area (TPSA) is 57.4 Å². The molecule has 2 heterocycles. The summed E-state index contributed by atoms with van der Waals surface area (Å²) in [5.41, 5.74) is 11.2. The molecule has 0 saturated heterocycles. The predicted octanol–water partition coefficient (Wildman–Crippen LogP) is 10.0. The van der Waals surface area contributed by atoms with Gasteiger partial charge >= 0.3 is 0 Å². The molecule has 3 aromatic carbocycles. The fraction of sp³-hybridized carbons (Fsp3) is 0.333. The van der Waals surface area contributed by atoms with E-state index in [1.807, 2.05) is 0 Å². The van der Waals surface area contributed by atoms with Crippen LogP contribution in [0.25, 0.3) is 45.0 Å². The lowest BCUT2D eigenvalue weighted by Gasteiger charge is -2.03. The highest BCUT2D eigenvalue weighted by Gasteiger charge is 2.10. The number of rotatable bonds is 14. The van der Waals surface area contributed by atoms with Crippen molar-refractivity contribution in [2.75, 3.05) is 0 Å². The SMILES string of the molecule is CCCCCCc1ccc(-c2cc(-c3cccc(-c4cc(-c5ccc(CCCCCC)cc5)[nH]n4)c3)n[nH]2)cc1. The Bertz CT molecular complexity index is 1350. The van der Waals surface area contributed by atoms with Crippen molar-refractivity contribution in [1.82, 2.24) is 20.4 Å². The van der Waals surface area contributed by atoms with Crippen molar-refractivity contribution in [2.24, 2.45) is 0 Å². The van der Waals surface area contributed by atoms with Crippen LogP contribution in [0.2, 0.25) is 0 Å². The monoisotopic (exact) mass is 530 g/mol. The predicted molar refractivity (Wildman–Crippen MR) is 168 cm³/mol. The van der Waals surface area contributed by atoms with Gasteiger partial charge in [0.15, 0.2) is 0 Å². The first kappa shape index (κ1) is 27.6. The third-order valence-electron chi connectivity index (χ3n) is 7.78. The first-order valence-electron chi connectivity index (χ1n) is 15.1. The van der Waals surface area contributed by atoms with E-state index in [9.17, 15) is 0 Å². The molecule has 0 aliphatic heterocycles. The molecule has 0 aliphatic rings. The number of unbranched alkanes of at least 4 members (excludes halogenated alkanes) is 6. The molecule has 2 aromatic heterocycles. The van der Waals surface area contributed by atoms with Crippen LogP contribution < -0.4 is 0 Å². The van der Waals surface area contributed by atoms with Crippen LogP contribution in [-0.4, -0.2) is 20.4 Å². The van der Waals surface area contributed by atoms with E-state index in [1.165, 1.54) is 62.5 Å². The molecule has 40 heavy (non-hydrogen) atoms. The molecule has 5 aromatic rings. The Kier molecular flexibility index (Phi) is 9.63. The second-order valence-corrected chi connectivity index (χ2v) is 10.9. The third-order valence-corrected chi connectivity index (χ3v) is 7.78. The van der Waals surface area contributed by atoms with E-state index in [4.69, 9.17) is 0 Å². The average molecular weight is 531 g/mol. The molecular formula is C36H42N4. The van der Waals surface area contributed by atoms with Gasteiger partial charge in [-0.25, -0.2) is 0 Å². The van der Waals surface area contributed by atoms with Crippen molar-refractivity contribution in [1.29, 1.82) is 0 Å². The van der Waals surface area contributed by atoms with Crippen molar-refractivity contribution in [3.05, 3.63) is 96.1 Å². The quantitative estimate of drug-likeness (QED) is 0.140. The minimum atomic E-state index is 0.936. The second kappa shape index (κ2) is 13.9. The Morgan fingerprint density at radius 2 is 0.925 bits per heavy atom. The zero-order chi connectivity index (χ0) is 27.6. The zero-order valence-electron chi connectivity index (χ0n) is 24.0. The third kappa shape index (κ3) is 7.18. The van der Waals surface area contributed by atoms with Crippen LogP contribution in [0.4, 0.5) is 0 Å². The van der Waals surface area contributed by atoms with Gasteiger partial charge < -0.3 is 0 Å². The lowest BCUT2D eigenvalue weighted by Crippen LogP contribution is -1.86. The van der Waals surface area contributed by atoms with E-state index >= 15 is 0 Å². The van der Waals surface area contributed by atoms with Gasteiger partial charge in [-0.15, -0.1) is 0 Å². The Morgan fingerprint density at radius 1 is 0.475 bits per heavy atom. The van der Waals surface area contributed by atoms with Gasteiger partial charge in [-0.1, -0.05) is 119 Å². The van der Waals surface area contributed by atoms with Crippen LogP contribution in [0.1, 0.15) is 76.3 Å². The van der Waals surface area contributed by atoms with Gasteiger partial charge in [0.05, 0.1) is 22.8 Å². The van der Waals surface area contributed by atoms with Gasteiger partial charge in [0, 0.05) is 11.1 Å². The highest BCUT2D eigenvalue weighted by atomic mass is 15.1. The lowest BCUT2D eigenvalue weighted by molar-refractivity contribution is 0.667. The first-order chi connectivity index (χ1) is 19.7. The van der Waals surface area contributed by atoms with Crippen LogP contribution in [0, 0.1) is 0 Å². The molecular weight excluding hydrogens is 488 g/mol. The van der Waals surface area contributed by atoms with E-state index < -0.39 is 0 Å². The summed E-state index contributed by atoms with van der Waals surface area (Å²) >= 11 is 0. The van der Waals surface area contributed by atoms with Crippen molar-refractivity contribution in [3.8, 4) is 45.0 Å². The van der Waals surface area contributed by atoms with Crippen LogP contribution in [0.3, 0.4) is 0 Å². The minimum Gasteiger partial charge on any atom is -0.277 e. The van der Waals surface area contributed by atoms with E-state index in [1.54, 1.807) is 0 Å². The van der Waals surface area contributed by atoms with Crippen molar-refractivity contribution in [2.45, 2.75) is 78.1 Å². The largest absolute Gasteiger partial charge is 0.277 e. The van der Waals surface area contributed by atoms with Crippen LogP contribution in [0.15, 0.2) is 84.9 Å². The maximum absolute atomic E-state index is 4.63. The molecule has 0 amide bonds. The Morgan fingerprint density at radius 3 is 1.35 bits per heavy atom. The summed E-state index contributed by atoms with van der Waals surface area (Å²) in [4.78, 5) is 0. The summed E-state index contributed by atoms with van der Waals surface area (Å²) in [5.74, 6) is 0. The molecule has 4 nitrogen and oxygen atoms in total. The molecule has 206 valence electrons. The number of aromatic nitrogens is 4. The van der Waals surface area contributed by atoms with Crippen LogP contribution in [-0.2, 0) is 12.8 Å². The van der Waals surface area contributed by atoms with Crippen molar-refractivity contribution >= 4 is 0 Å². The molecule has 0 fully saturated rings. The van der Waals surface area contributed by atoms with Gasteiger partial charge in [0.1, 0.15) is 0 Å². The molecule has 0 spiro atoms. The van der Waals surface area contributed by atoms with Crippen LogP contribution in [0.5, 0.6) is 0 Å². The lowest BCUT2D eigenvalue weighted by atomic mass is 10.0. The molecule has 2 N–H and O–H groups in total. The Labute approximate surface area is 239 Å². The van der Waals surface area contributed by atoms with E-state index in [0.717, 1.165) is 57.9 Å². The first-order valence-corrected chi connectivity index (χ1v) is 15.1. The smallest absolute Gasteiger partial charge is 0.0927 e. The molecule has 0 saturated carbocycles. The maximum atomic E-state index is 4.63. The number of H-pyrrole nitrogens is 2. The highest BCUT2D eigenvalue weighted by Crippen LogP contribution is 2.29. The molecule has 0 bridgehead atoms. The molecule has 4 heteroatoms. The molecule has 5 rings (SSSR count). The highest BCUT2D eigenvalue weighted by molar-refractivity contribution is 5.74. The zero-order valence-corrected chi connectivity index (χ0v) is 24.0. The van der Waals surface area contributed by atoms with Crippen molar-refractivity contribution in [3.63, 3.8) is 0 Å². The summed E-state index contributed by atoms with van der Waals surface area (Å²) < 4.78 is 0. The van der Waals surface area contributed by atoms with Gasteiger partial charge in [-0.3, -0.25) is 10.2 Å². The summed E-state index contributed by atoms with van der Waals surface area (Å²) in [6.45, 7) is 4.51. The summed E-state index contributed by atoms with van der Waals surface area (Å²) in [6, 6.07) is 30.5. The summed E-state index contributed by atoms with van der Waals surface area (Å²) in [5, 5.41) is 15.7. The van der Waals surface area contributed by atoms with E-state index in [-0.39, 0.29) is 0 Å². The van der Waals surface area contributed by atoms with Gasteiger partial charge in [0.2, 0.25) is 0 Å². The average Bonchev–Trinajstić information content (AvgIpc) is 3.70. The van der Waals surface area contributed by atoms with E-state index in [0.29, 0.717) is 0 Å². The summed E-state index contributed by atoms with van der Waals surface area (Å²) in [7, 11) is 0. The van der Waals surface area contributed by atoms with Gasteiger partial charge in [-0.05, 0) is 66.1 Å². The number of nitrogens with zero attached hydrogens (tertiary/aromatic N) is 2. The number of hydrogen-bond donors (Lipinski definition) is 2. The van der Waals surface area contributed by atoms with Crippen LogP contribution >= 0.6 is 0 Å². The van der Waals surface area contributed by atoms with Gasteiger partial charge in [-0.2, -0.15) is 10.2 Å². The number of benzene rings is 3. The fourth-order valence-electron chi connectivity index (χ4n) is 5.29. The second-order valence-electron chi connectivity index (χ2n) is 10.9. The molecule has 0 atom stereocenters. The maximum Gasteiger partial charge on any atom is 0.0927 e. The van der Waals surface area contributed by atoms with Gasteiger partial charge in [0.25, 0.3) is 0 Å².